The molecule has 0 atom stereocenters. The number of amides is 2. The van der Waals surface area contributed by atoms with Gasteiger partial charge in [-0.05, 0) is 12.1 Å². The molecule has 1 aliphatic heterocycles. The van der Waals surface area contributed by atoms with Crippen molar-refractivity contribution in [1.82, 2.24) is 14.8 Å². The van der Waals surface area contributed by atoms with Crippen LogP contribution in [0.1, 0.15) is 0 Å². The molecule has 5 nitrogen and oxygen atoms in total. The fourth-order valence-electron chi connectivity index (χ4n) is 2.12. The Hall–Kier alpha value is -1.90. The Morgan fingerprint density at radius 2 is 2.00 bits per heavy atom. The topological polar surface area (TPSA) is 48.5 Å². The van der Waals surface area contributed by atoms with Crippen molar-refractivity contribution < 1.29 is 22.4 Å². The van der Waals surface area contributed by atoms with E-state index in [2.05, 4.69) is 10.3 Å². The largest absolute Gasteiger partial charge is 0.322 e. The van der Waals surface area contributed by atoms with Gasteiger partial charge < -0.3 is 10.2 Å². The molecule has 0 bridgehead atoms. The van der Waals surface area contributed by atoms with Gasteiger partial charge in [0.15, 0.2) is 0 Å². The molecule has 0 radical (unpaired) electrons. The second-order valence-electron chi connectivity index (χ2n) is 5.00. The minimum absolute atomic E-state index is 0.128. The number of rotatable bonds is 4. The molecule has 0 spiro atoms. The molecule has 9 heteroatoms. The van der Waals surface area contributed by atoms with Crippen LogP contribution >= 0.6 is 0 Å². The van der Waals surface area contributed by atoms with Crippen LogP contribution in [0.2, 0.25) is 0 Å². The highest BCUT2D eigenvalue weighted by molar-refractivity contribution is 5.89. The molecular formula is C13H16F4N4O. The first-order chi connectivity index (χ1) is 10.4. The van der Waals surface area contributed by atoms with Gasteiger partial charge in [0.25, 0.3) is 0 Å². The molecule has 122 valence electrons. The van der Waals surface area contributed by atoms with E-state index in [1.165, 1.54) is 16.0 Å². The second kappa shape index (κ2) is 6.91. The SMILES string of the molecule is O=C(Nc1cccnc1)N1CCN(CC(F)(F)C(F)F)CC1. The summed E-state index contributed by atoms with van der Waals surface area (Å²) in [5, 5.41) is 2.63. The minimum atomic E-state index is -4.03. The van der Waals surface area contributed by atoms with Gasteiger partial charge in [0.2, 0.25) is 0 Å². The number of hydrogen-bond acceptors (Lipinski definition) is 3. The van der Waals surface area contributed by atoms with Crippen LogP contribution in [-0.4, -0.2) is 65.9 Å². The summed E-state index contributed by atoms with van der Waals surface area (Å²) in [6, 6.07) is 2.97. The lowest BCUT2D eigenvalue weighted by Gasteiger charge is -2.36. The molecule has 1 fully saturated rings. The summed E-state index contributed by atoms with van der Waals surface area (Å²) >= 11 is 0. The molecule has 22 heavy (non-hydrogen) atoms. The molecule has 2 rings (SSSR count). The van der Waals surface area contributed by atoms with Crippen LogP contribution in [0, 0.1) is 0 Å². The third-order valence-corrected chi connectivity index (χ3v) is 3.33. The van der Waals surface area contributed by atoms with E-state index in [9.17, 15) is 22.4 Å². The molecule has 1 aromatic heterocycles. The molecule has 1 aromatic rings. The zero-order chi connectivity index (χ0) is 16.2. The normalized spacial score (nSPS) is 16.9. The Balaban J connectivity index is 1.81. The average Bonchev–Trinajstić information content (AvgIpc) is 2.48. The Bertz CT molecular complexity index is 492. The van der Waals surface area contributed by atoms with Crippen LogP contribution in [0.25, 0.3) is 0 Å². The highest BCUT2D eigenvalue weighted by atomic mass is 19.3. The fraction of sp³-hybridized carbons (Fsp3) is 0.538. The lowest BCUT2D eigenvalue weighted by Crippen LogP contribution is -2.53. The summed E-state index contributed by atoms with van der Waals surface area (Å²) < 4.78 is 50.3. The lowest BCUT2D eigenvalue weighted by molar-refractivity contribution is -0.144. The van der Waals surface area contributed by atoms with Crippen LogP contribution in [0.4, 0.5) is 28.0 Å². The molecule has 1 saturated heterocycles. The van der Waals surface area contributed by atoms with Gasteiger partial charge in [-0.15, -0.1) is 0 Å². The van der Waals surface area contributed by atoms with Crippen LogP contribution in [0.15, 0.2) is 24.5 Å². The number of aromatic nitrogens is 1. The van der Waals surface area contributed by atoms with Crippen molar-refractivity contribution in [1.29, 1.82) is 0 Å². The van der Waals surface area contributed by atoms with Crippen molar-refractivity contribution in [3.63, 3.8) is 0 Å². The van der Waals surface area contributed by atoms with Crippen molar-refractivity contribution >= 4 is 11.7 Å². The van der Waals surface area contributed by atoms with Crippen LogP contribution in [0.5, 0.6) is 0 Å². The summed E-state index contributed by atoms with van der Waals surface area (Å²) in [6.07, 6.45) is -0.631. The van der Waals surface area contributed by atoms with Crippen LogP contribution in [0.3, 0.4) is 0 Å². The van der Waals surface area contributed by atoms with Crippen molar-refractivity contribution in [3.8, 4) is 0 Å². The Morgan fingerprint density at radius 1 is 1.32 bits per heavy atom. The summed E-state index contributed by atoms with van der Waals surface area (Å²) in [4.78, 5) is 18.5. The number of halogens is 4. The number of urea groups is 1. The Labute approximate surface area is 124 Å². The number of piperazine rings is 1. The number of pyridine rings is 1. The number of nitrogens with one attached hydrogen (secondary N) is 1. The molecule has 0 unspecified atom stereocenters. The van der Waals surface area contributed by atoms with Crippen molar-refractivity contribution in [2.75, 3.05) is 38.0 Å². The van der Waals surface area contributed by atoms with E-state index >= 15 is 0 Å². The van der Waals surface area contributed by atoms with Crippen molar-refractivity contribution in [3.05, 3.63) is 24.5 Å². The zero-order valence-electron chi connectivity index (χ0n) is 11.7. The molecule has 2 amide bonds. The first-order valence-electron chi connectivity index (χ1n) is 6.73. The van der Waals surface area contributed by atoms with E-state index in [4.69, 9.17) is 0 Å². The number of hydrogen-bond donors (Lipinski definition) is 1. The smallest absolute Gasteiger partial charge is 0.321 e. The number of nitrogens with zero attached hydrogens (tertiary/aromatic N) is 3. The summed E-state index contributed by atoms with van der Waals surface area (Å²) in [6.45, 7) is -0.342. The van der Waals surface area contributed by atoms with E-state index < -0.39 is 18.9 Å². The van der Waals surface area contributed by atoms with Gasteiger partial charge in [0, 0.05) is 32.4 Å². The molecule has 0 saturated carbocycles. The van der Waals surface area contributed by atoms with Crippen molar-refractivity contribution in [2.45, 2.75) is 12.3 Å². The molecule has 1 aliphatic rings. The number of anilines is 1. The Kier molecular flexibility index (Phi) is 5.17. The lowest BCUT2D eigenvalue weighted by atomic mass is 10.2. The predicted octanol–water partition coefficient (Wildman–Crippen LogP) is 2.13. The second-order valence-corrected chi connectivity index (χ2v) is 5.00. The fourth-order valence-corrected chi connectivity index (χ4v) is 2.12. The first kappa shape index (κ1) is 16.5. The summed E-state index contributed by atoms with van der Waals surface area (Å²) in [5.41, 5.74) is 0.527. The zero-order valence-corrected chi connectivity index (χ0v) is 11.7. The minimum Gasteiger partial charge on any atom is -0.322 e. The maximum Gasteiger partial charge on any atom is 0.321 e. The average molecular weight is 320 g/mol. The third-order valence-electron chi connectivity index (χ3n) is 3.33. The monoisotopic (exact) mass is 320 g/mol. The first-order valence-corrected chi connectivity index (χ1v) is 6.73. The van der Waals surface area contributed by atoms with Gasteiger partial charge in [-0.3, -0.25) is 9.88 Å². The molecular weight excluding hydrogens is 304 g/mol. The molecule has 2 heterocycles. The molecule has 1 N–H and O–H groups in total. The van der Waals surface area contributed by atoms with Gasteiger partial charge in [-0.1, -0.05) is 0 Å². The van der Waals surface area contributed by atoms with E-state index in [-0.39, 0.29) is 32.2 Å². The standard InChI is InChI=1S/C13H16F4N4O/c14-11(15)13(16,17)9-20-4-6-21(7-5-20)12(22)19-10-2-1-3-18-8-10/h1-3,8,11H,4-7,9H2,(H,19,22). The van der Waals surface area contributed by atoms with E-state index in [1.807, 2.05) is 0 Å². The number of carbonyl (C=O) groups excluding carboxylic acids is 1. The highest BCUT2D eigenvalue weighted by Gasteiger charge is 2.42. The van der Waals surface area contributed by atoms with Crippen LogP contribution in [-0.2, 0) is 0 Å². The van der Waals surface area contributed by atoms with Gasteiger partial charge in [-0.2, -0.15) is 8.78 Å². The molecule has 0 aliphatic carbocycles. The van der Waals surface area contributed by atoms with E-state index in [0.29, 0.717) is 5.69 Å². The third kappa shape index (κ3) is 4.30. The van der Waals surface area contributed by atoms with Gasteiger partial charge >= 0.3 is 18.4 Å². The summed E-state index contributed by atoms with van der Waals surface area (Å²) in [7, 11) is 0. The summed E-state index contributed by atoms with van der Waals surface area (Å²) in [5.74, 6) is -4.03. The van der Waals surface area contributed by atoms with Gasteiger partial charge in [0.1, 0.15) is 0 Å². The Morgan fingerprint density at radius 3 is 2.55 bits per heavy atom. The highest BCUT2D eigenvalue weighted by Crippen LogP contribution is 2.24. The van der Waals surface area contributed by atoms with E-state index in [0.717, 1.165) is 0 Å². The quantitative estimate of drug-likeness (QED) is 0.865. The maximum atomic E-state index is 13.0. The number of carbonyl (C=O) groups is 1. The predicted molar refractivity (Wildman–Crippen MR) is 72.2 cm³/mol. The number of alkyl halides is 4. The van der Waals surface area contributed by atoms with Gasteiger partial charge in [0.05, 0.1) is 18.4 Å². The molecule has 0 aromatic carbocycles. The van der Waals surface area contributed by atoms with Crippen LogP contribution < -0.4 is 5.32 Å². The maximum absolute atomic E-state index is 13.0. The van der Waals surface area contributed by atoms with E-state index in [1.54, 1.807) is 18.3 Å². The van der Waals surface area contributed by atoms with Crippen molar-refractivity contribution in [2.24, 2.45) is 0 Å². The van der Waals surface area contributed by atoms with Gasteiger partial charge in [-0.25, -0.2) is 13.6 Å².